The van der Waals surface area contributed by atoms with Gasteiger partial charge < -0.3 is 15.0 Å². The third-order valence-electron chi connectivity index (χ3n) is 4.67. The number of halogens is 3. The van der Waals surface area contributed by atoms with E-state index in [-0.39, 0.29) is 24.6 Å². The minimum absolute atomic E-state index is 0.132. The summed E-state index contributed by atoms with van der Waals surface area (Å²) in [5, 5.41) is 1.88. The number of esters is 1. The maximum Gasteiger partial charge on any atom is 0.405 e. The number of carbonyl (C=O) groups is 3. The van der Waals surface area contributed by atoms with E-state index in [0.29, 0.717) is 36.2 Å². The molecule has 1 unspecified atom stereocenters. The van der Waals surface area contributed by atoms with Crippen molar-refractivity contribution in [3.8, 4) is 0 Å². The number of Topliss-reactive ketones (excluding diaryl/α,β-unsaturated/α-hetero) is 1. The van der Waals surface area contributed by atoms with E-state index in [1.807, 2.05) is 5.32 Å². The van der Waals surface area contributed by atoms with Gasteiger partial charge in [0.15, 0.2) is 5.78 Å². The van der Waals surface area contributed by atoms with E-state index in [1.54, 1.807) is 25.7 Å². The van der Waals surface area contributed by atoms with E-state index in [0.717, 1.165) is 0 Å². The smallest absolute Gasteiger partial charge is 0.405 e. The van der Waals surface area contributed by atoms with Crippen LogP contribution in [0.4, 0.5) is 13.2 Å². The van der Waals surface area contributed by atoms with Crippen molar-refractivity contribution >= 4 is 17.7 Å². The predicted molar refractivity (Wildman–Crippen MR) is 94.2 cm³/mol. The second-order valence-electron chi connectivity index (χ2n) is 6.73. The Bertz CT molecular complexity index is 758. The minimum atomic E-state index is -4.49. The van der Waals surface area contributed by atoms with Crippen LogP contribution < -0.4 is 5.32 Å². The average Bonchev–Trinajstić information content (AvgIpc) is 3.16. The fourth-order valence-corrected chi connectivity index (χ4v) is 3.42. The number of H-pyrrole nitrogens is 1. The molecule has 0 spiro atoms. The number of aromatic amines is 1. The Hall–Kier alpha value is -2.36. The summed E-state index contributed by atoms with van der Waals surface area (Å²) in [5.74, 6) is -1.61. The van der Waals surface area contributed by atoms with Crippen molar-refractivity contribution in [1.29, 1.82) is 0 Å². The molecule has 1 aromatic rings. The van der Waals surface area contributed by atoms with Crippen LogP contribution in [0.2, 0.25) is 0 Å². The molecule has 0 bridgehead atoms. The summed E-state index contributed by atoms with van der Waals surface area (Å²) in [6, 6.07) is -0.785. The van der Waals surface area contributed by atoms with Crippen molar-refractivity contribution in [3.05, 3.63) is 22.5 Å². The SMILES string of the molecule is CCOC(=O)c1c(C)[nH]c(C(=O)CN2CCCC2C(=O)NCC(F)(F)F)c1C. The fraction of sp³-hybridized carbons (Fsp3) is 0.611. The van der Waals surface area contributed by atoms with E-state index in [1.165, 1.54) is 0 Å². The van der Waals surface area contributed by atoms with E-state index in [4.69, 9.17) is 4.74 Å². The number of ether oxygens (including phenoxy) is 1. The number of ketones is 1. The van der Waals surface area contributed by atoms with Crippen molar-refractivity contribution in [3.63, 3.8) is 0 Å². The summed E-state index contributed by atoms with van der Waals surface area (Å²) in [4.78, 5) is 41.3. The van der Waals surface area contributed by atoms with Gasteiger partial charge in [0.05, 0.1) is 30.5 Å². The lowest BCUT2D eigenvalue weighted by Crippen LogP contribution is -2.47. The number of nitrogens with zero attached hydrogens (tertiary/aromatic N) is 1. The first kappa shape index (κ1) is 21.9. The first-order valence-corrected chi connectivity index (χ1v) is 9.03. The molecule has 7 nitrogen and oxygen atoms in total. The average molecular weight is 403 g/mol. The third-order valence-corrected chi connectivity index (χ3v) is 4.67. The lowest BCUT2D eigenvalue weighted by atomic mass is 10.1. The highest BCUT2D eigenvalue weighted by atomic mass is 19.4. The molecule has 1 fully saturated rings. The zero-order chi connectivity index (χ0) is 21.1. The Morgan fingerprint density at radius 3 is 2.57 bits per heavy atom. The second-order valence-corrected chi connectivity index (χ2v) is 6.73. The fourth-order valence-electron chi connectivity index (χ4n) is 3.42. The molecule has 0 aromatic carbocycles. The molecule has 2 heterocycles. The molecular weight excluding hydrogens is 379 g/mol. The maximum absolute atomic E-state index is 12.7. The first-order valence-electron chi connectivity index (χ1n) is 9.03. The van der Waals surface area contributed by atoms with Crippen LogP contribution in [0.1, 0.15) is 51.9 Å². The van der Waals surface area contributed by atoms with Crippen LogP contribution in [0.3, 0.4) is 0 Å². The highest BCUT2D eigenvalue weighted by Crippen LogP contribution is 2.22. The maximum atomic E-state index is 12.7. The lowest BCUT2D eigenvalue weighted by molar-refractivity contribution is -0.140. The number of aromatic nitrogens is 1. The van der Waals surface area contributed by atoms with Crippen molar-refractivity contribution in [2.24, 2.45) is 0 Å². The highest BCUT2D eigenvalue weighted by Gasteiger charge is 2.35. The third kappa shape index (κ3) is 5.12. The Morgan fingerprint density at radius 1 is 1.29 bits per heavy atom. The summed E-state index contributed by atoms with van der Waals surface area (Å²) >= 11 is 0. The van der Waals surface area contributed by atoms with Crippen LogP contribution in [0.5, 0.6) is 0 Å². The highest BCUT2D eigenvalue weighted by molar-refractivity contribution is 6.02. The zero-order valence-corrected chi connectivity index (χ0v) is 16.0. The van der Waals surface area contributed by atoms with Crippen molar-refractivity contribution in [2.75, 3.05) is 26.2 Å². The normalized spacial score (nSPS) is 17.6. The number of hydrogen-bond acceptors (Lipinski definition) is 5. The molecule has 2 rings (SSSR count). The van der Waals surface area contributed by atoms with E-state index in [2.05, 4.69) is 4.98 Å². The van der Waals surface area contributed by atoms with Crippen LogP contribution in [-0.2, 0) is 9.53 Å². The van der Waals surface area contributed by atoms with Gasteiger partial charge in [-0.05, 0) is 45.7 Å². The van der Waals surface area contributed by atoms with Crippen molar-refractivity contribution in [1.82, 2.24) is 15.2 Å². The van der Waals surface area contributed by atoms with Crippen LogP contribution in [0, 0.1) is 13.8 Å². The monoisotopic (exact) mass is 403 g/mol. The van der Waals surface area contributed by atoms with Crippen LogP contribution in [0.25, 0.3) is 0 Å². The summed E-state index contributed by atoms with van der Waals surface area (Å²) in [7, 11) is 0. The molecule has 1 aliphatic heterocycles. The zero-order valence-electron chi connectivity index (χ0n) is 16.0. The number of aryl methyl sites for hydroxylation is 1. The largest absolute Gasteiger partial charge is 0.462 e. The lowest BCUT2D eigenvalue weighted by Gasteiger charge is -2.23. The molecular formula is C18H24F3N3O4. The molecule has 0 radical (unpaired) electrons. The summed E-state index contributed by atoms with van der Waals surface area (Å²) in [6.45, 7) is 4.06. The Balaban J connectivity index is 2.08. The van der Waals surface area contributed by atoms with E-state index < -0.39 is 30.6 Å². The Morgan fingerprint density at radius 2 is 1.96 bits per heavy atom. The standard InChI is InChI=1S/C18H24F3N3O4/c1-4-28-17(27)14-10(2)15(23-11(14)3)13(25)8-24-7-5-6-12(24)16(26)22-9-18(19,20)21/h12,23H,4-9H2,1-3H3,(H,22,26). The number of hydrogen-bond donors (Lipinski definition) is 2. The molecule has 0 saturated carbocycles. The van der Waals surface area contributed by atoms with Crippen LogP contribution >= 0.6 is 0 Å². The Labute approximate surface area is 160 Å². The number of likely N-dealkylation sites (tertiary alicyclic amines) is 1. The molecule has 1 saturated heterocycles. The molecule has 0 aliphatic carbocycles. The van der Waals surface area contributed by atoms with E-state index in [9.17, 15) is 27.6 Å². The van der Waals surface area contributed by atoms with Crippen LogP contribution in [0.15, 0.2) is 0 Å². The van der Waals surface area contributed by atoms with Gasteiger partial charge >= 0.3 is 12.1 Å². The van der Waals surface area contributed by atoms with Gasteiger partial charge in [-0.3, -0.25) is 14.5 Å². The van der Waals surface area contributed by atoms with E-state index >= 15 is 0 Å². The van der Waals surface area contributed by atoms with Gasteiger partial charge in [-0.25, -0.2) is 4.79 Å². The summed E-state index contributed by atoms with van der Waals surface area (Å²) < 4.78 is 41.9. The molecule has 1 aromatic heterocycles. The molecule has 156 valence electrons. The topological polar surface area (TPSA) is 91.5 Å². The summed E-state index contributed by atoms with van der Waals surface area (Å²) in [5.41, 5.74) is 1.49. The van der Waals surface area contributed by atoms with Crippen molar-refractivity contribution < 1.29 is 32.3 Å². The number of amides is 1. The number of rotatable bonds is 7. The van der Waals surface area contributed by atoms with Gasteiger partial charge in [0.2, 0.25) is 5.91 Å². The van der Waals surface area contributed by atoms with Gasteiger partial charge in [-0.15, -0.1) is 0 Å². The van der Waals surface area contributed by atoms with Crippen LogP contribution in [-0.4, -0.2) is 66.0 Å². The van der Waals surface area contributed by atoms with Crippen molar-refractivity contribution in [2.45, 2.75) is 45.8 Å². The molecule has 28 heavy (non-hydrogen) atoms. The molecule has 1 aliphatic rings. The quantitative estimate of drug-likeness (QED) is 0.538. The molecule has 2 N–H and O–H groups in total. The molecule has 1 amide bonds. The second kappa shape index (κ2) is 8.76. The number of carbonyl (C=O) groups excluding carboxylic acids is 3. The van der Waals surface area contributed by atoms with Gasteiger partial charge in [0, 0.05) is 5.69 Å². The van der Waals surface area contributed by atoms with Gasteiger partial charge in [-0.2, -0.15) is 13.2 Å². The number of nitrogens with one attached hydrogen (secondary N) is 2. The number of alkyl halides is 3. The van der Waals surface area contributed by atoms with Gasteiger partial charge in [0.25, 0.3) is 0 Å². The Kier molecular flexibility index (Phi) is 6.87. The molecule has 1 atom stereocenters. The predicted octanol–water partition coefficient (Wildman–Crippen LogP) is 2.13. The summed E-state index contributed by atoms with van der Waals surface area (Å²) in [6.07, 6.45) is -3.50. The van der Waals surface area contributed by atoms with Gasteiger partial charge in [0.1, 0.15) is 6.54 Å². The first-order chi connectivity index (χ1) is 13.0. The molecule has 10 heteroatoms. The minimum Gasteiger partial charge on any atom is -0.462 e. The van der Waals surface area contributed by atoms with Gasteiger partial charge in [-0.1, -0.05) is 0 Å².